The predicted molar refractivity (Wildman–Crippen MR) is 120 cm³/mol. The normalized spacial score (nSPS) is 10.7. The van der Waals surface area contributed by atoms with Crippen LogP contribution in [0.25, 0.3) is 0 Å². The van der Waals surface area contributed by atoms with Gasteiger partial charge in [0, 0.05) is 44.3 Å². The first-order valence-corrected chi connectivity index (χ1v) is 9.78. The van der Waals surface area contributed by atoms with E-state index < -0.39 is 0 Å². The molecular formula is C24H28N4O. The van der Waals surface area contributed by atoms with Crippen molar-refractivity contribution in [1.82, 2.24) is 9.88 Å². The maximum absolute atomic E-state index is 13.2. The summed E-state index contributed by atoms with van der Waals surface area (Å²) in [5.74, 6) is -0.0250. The van der Waals surface area contributed by atoms with Crippen LogP contribution in [0.3, 0.4) is 0 Å². The third-order valence-corrected chi connectivity index (χ3v) is 4.74. The highest BCUT2D eigenvalue weighted by molar-refractivity contribution is 5.95. The summed E-state index contributed by atoms with van der Waals surface area (Å²) < 4.78 is 0. The van der Waals surface area contributed by atoms with Gasteiger partial charge in [-0.25, -0.2) is 0 Å². The summed E-state index contributed by atoms with van der Waals surface area (Å²) in [6, 6.07) is 20.1. The molecule has 0 saturated carbocycles. The quantitative estimate of drug-likeness (QED) is 0.623. The average Bonchev–Trinajstić information content (AvgIpc) is 2.72. The van der Waals surface area contributed by atoms with Crippen molar-refractivity contribution in [3.05, 3.63) is 84.2 Å². The van der Waals surface area contributed by atoms with Crippen molar-refractivity contribution in [1.29, 1.82) is 0 Å². The van der Waals surface area contributed by atoms with E-state index >= 15 is 0 Å². The molecule has 0 aliphatic carbocycles. The van der Waals surface area contributed by atoms with Gasteiger partial charge in [0.25, 0.3) is 5.91 Å². The van der Waals surface area contributed by atoms with Crippen molar-refractivity contribution < 1.29 is 4.79 Å². The van der Waals surface area contributed by atoms with Crippen molar-refractivity contribution in [3.8, 4) is 0 Å². The summed E-state index contributed by atoms with van der Waals surface area (Å²) in [6.07, 6.45) is 3.36. The van der Waals surface area contributed by atoms with Crippen LogP contribution in [0.4, 0.5) is 17.1 Å². The molecule has 0 atom stereocenters. The molecule has 0 radical (unpaired) electrons. The first kappa shape index (κ1) is 20.4. The fourth-order valence-electron chi connectivity index (χ4n) is 3.07. The second kappa shape index (κ2) is 9.24. The van der Waals surface area contributed by atoms with E-state index in [1.807, 2.05) is 93.5 Å². The van der Waals surface area contributed by atoms with E-state index in [-0.39, 0.29) is 11.9 Å². The molecule has 5 heteroatoms. The number of hydrogen-bond donors (Lipinski definition) is 1. The third-order valence-electron chi connectivity index (χ3n) is 4.74. The molecule has 5 nitrogen and oxygen atoms in total. The van der Waals surface area contributed by atoms with Gasteiger partial charge < -0.3 is 15.1 Å². The number of benzene rings is 2. The number of carbonyl (C=O) groups excluding carboxylic acids is 1. The Labute approximate surface area is 173 Å². The third kappa shape index (κ3) is 5.35. The van der Waals surface area contributed by atoms with E-state index in [9.17, 15) is 4.79 Å². The molecule has 1 amide bonds. The molecule has 0 aliphatic rings. The monoisotopic (exact) mass is 388 g/mol. The molecule has 1 N–H and O–H groups in total. The lowest BCUT2D eigenvalue weighted by Gasteiger charge is -2.27. The van der Waals surface area contributed by atoms with Crippen LogP contribution in [0.2, 0.25) is 0 Å². The Morgan fingerprint density at radius 3 is 2.28 bits per heavy atom. The molecule has 0 fully saturated rings. The van der Waals surface area contributed by atoms with Crippen molar-refractivity contribution in [2.24, 2.45) is 0 Å². The molecule has 1 aromatic heterocycles. The molecule has 0 bridgehead atoms. The zero-order chi connectivity index (χ0) is 20.8. The maximum atomic E-state index is 13.2. The van der Waals surface area contributed by atoms with Gasteiger partial charge in [-0.1, -0.05) is 30.3 Å². The second-order valence-electron chi connectivity index (χ2n) is 7.54. The second-order valence-corrected chi connectivity index (χ2v) is 7.54. The van der Waals surface area contributed by atoms with E-state index in [0.29, 0.717) is 12.1 Å². The van der Waals surface area contributed by atoms with Crippen LogP contribution in [0, 0.1) is 0 Å². The zero-order valence-electron chi connectivity index (χ0n) is 17.5. The minimum atomic E-state index is -0.0250. The average molecular weight is 389 g/mol. The molecule has 0 spiro atoms. The number of nitrogens with zero attached hydrogens (tertiary/aromatic N) is 3. The van der Waals surface area contributed by atoms with E-state index in [2.05, 4.69) is 15.2 Å². The van der Waals surface area contributed by atoms with E-state index in [0.717, 1.165) is 22.6 Å². The number of rotatable bonds is 7. The molecule has 3 rings (SSSR count). The number of pyridine rings is 1. The predicted octanol–water partition coefficient (Wildman–Crippen LogP) is 4.94. The lowest BCUT2D eigenvalue weighted by molar-refractivity contribution is 0.0690. The summed E-state index contributed by atoms with van der Waals surface area (Å²) >= 11 is 0. The molecule has 1 heterocycles. The minimum Gasteiger partial charge on any atom is -0.378 e. The van der Waals surface area contributed by atoms with Gasteiger partial charge in [-0.2, -0.15) is 0 Å². The molecule has 150 valence electrons. The van der Waals surface area contributed by atoms with Crippen LogP contribution in [0.5, 0.6) is 0 Å². The summed E-state index contributed by atoms with van der Waals surface area (Å²) in [7, 11) is 4.02. The number of amides is 1. The van der Waals surface area contributed by atoms with Gasteiger partial charge in [0.1, 0.15) is 0 Å². The molecule has 29 heavy (non-hydrogen) atoms. The fourth-order valence-corrected chi connectivity index (χ4v) is 3.07. The van der Waals surface area contributed by atoms with Crippen LogP contribution < -0.4 is 10.2 Å². The molecule has 2 aromatic carbocycles. The van der Waals surface area contributed by atoms with Crippen LogP contribution >= 0.6 is 0 Å². The summed E-state index contributed by atoms with van der Waals surface area (Å²) in [5, 5.41) is 3.33. The van der Waals surface area contributed by atoms with Crippen molar-refractivity contribution in [3.63, 3.8) is 0 Å². The van der Waals surface area contributed by atoms with Crippen molar-refractivity contribution >= 4 is 23.0 Å². The Hall–Kier alpha value is -3.34. The topological polar surface area (TPSA) is 48.5 Å². The van der Waals surface area contributed by atoms with Crippen molar-refractivity contribution in [2.75, 3.05) is 24.3 Å². The SMILES string of the molecule is CC(C)N(Cc1ccccc1)C(=O)c1cncc(Nc2ccc(N(C)C)cc2)c1. The van der Waals surface area contributed by atoms with Crippen LogP contribution in [0.15, 0.2) is 73.1 Å². The number of carbonyl (C=O) groups is 1. The Kier molecular flexibility index (Phi) is 6.50. The number of nitrogens with one attached hydrogen (secondary N) is 1. The smallest absolute Gasteiger partial charge is 0.256 e. The highest BCUT2D eigenvalue weighted by Crippen LogP contribution is 2.21. The number of hydrogen-bond acceptors (Lipinski definition) is 4. The first-order chi connectivity index (χ1) is 13.9. The molecule has 0 saturated heterocycles. The van der Waals surface area contributed by atoms with Crippen LogP contribution in [-0.4, -0.2) is 35.9 Å². The fraction of sp³-hybridized carbons (Fsp3) is 0.250. The lowest BCUT2D eigenvalue weighted by Crippen LogP contribution is -2.36. The number of aromatic nitrogens is 1. The van der Waals surface area contributed by atoms with Crippen LogP contribution in [0.1, 0.15) is 29.8 Å². The van der Waals surface area contributed by atoms with E-state index in [1.165, 1.54) is 0 Å². The highest BCUT2D eigenvalue weighted by Gasteiger charge is 2.19. The summed E-state index contributed by atoms with van der Waals surface area (Å²) in [5.41, 5.74) is 4.55. The number of anilines is 3. The Morgan fingerprint density at radius 2 is 1.66 bits per heavy atom. The zero-order valence-corrected chi connectivity index (χ0v) is 17.5. The first-order valence-electron chi connectivity index (χ1n) is 9.78. The van der Waals surface area contributed by atoms with E-state index in [1.54, 1.807) is 12.4 Å². The Bertz CT molecular complexity index is 937. The van der Waals surface area contributed by atoms with Crippen LogP contribution in [-0.2, 0) is 6.54 Å². The molecule has 0 unspecified atom stereocenters. The van der Waals surface area contributed by atoms with Gasteiger partial charge in [0.15, 0.2) is 0 Å². The summed E-state index contributed by atoms with van der Waals surface area (Å²) in [4.78, 5) is 21.4. The Morgan fingerprint density at radius 1 is 0.966 bits per heavy atom. The highest BCUT2D eigenvalue weighted by atomic mass is 16.2. The Balaban J connectivity index is 1.77. The lowest BCUT2D eigenvalue weighted by atomic mass is 10.1. The molecule has 0 aliphatic heterocycles. The largest absolute Gasteiger partial charge is 0.378 e. The van der Waals surface area contributed by atoms with Gasteiger partial charge in [0.05, 0.1) is 17.4 Å². The summed E-state index contributed by atoms with van der Waals surface area (Å²) in [6.45, 7) is 4.63. The maximum Gasteiger partial charge on any atom is 0.256 e. The van der Waals surface area contributed by atoms with Gasteiger partial charge in [-0.05, 0) is 49.7 Å². The van der Waals surface area contributed by atoms with Gasteiger partial charge in [-0.15, -0.1) is 0 Å². The minimum absolute atomic E-state index is 0.0250. The standard InChI is InChI=1S/C24H28N4O/c1-18(2)28(17-19-8-6-5-7-9-19)24(29)20-14-22(16-25-15-20)26-21-10-12-23(13-11-21)27(3)4/h5-16,18,26H,17H2,1-4H3. The van der Waals surface area contributed by atoms with Gasteiger partial charge >= 0.3 is 0 Å². The van der Waals surface area contributed by atoms with Gasteiger partial charge in [0.2, 0.25) is 0 Å². The van der Waals surface area contributed by atoms with E-state index in [4.69, 9.17) is 0 Å². The molecular weight excluding hydrogens is 360 g/mol. The molecule has 3 aromatic rings. The van der Waals surface area contributed by atoms with Crippen molar-refractivity contribution in [2.45, 2.75) is 26.4 Å². The van der Waals surface area contributed by atoms with Gasteiger partial charge in [-0.3, -0.25) is 9.78 Å².